The van der Waals surface area contributed by atoms with Crippen LogP contribution in [0.25, 0.3) is 0 Å². The van der Waals surface area contributed by atoms with Gasteiger partial charge in [-0.2, -0.15) is 0 Å². The molecule has 9 heteroatoms. The van der Waals surface area contributed by atoms with E-state index in [0.717, 1.165) is 18.6 Å². The lowest BCUT2D eigenvalue weighted by atomic mass is 9.98. The SMILES string of the molecule is O=C(Nc1ccc2c(c1)OCO2)N1CCCC(c2nnc(COc3ccccc3)o2)C1. The summed E-state index contributed by atoms with van der Waals surface area (Å²) in [5.74, 6) is 3.00. The first-order valence-electron chi connectivity index (χ1n) is 10.2. The maximum atomic E-state index is 12.8. The number of nitrogens with zero attached hydrogens (tertiary/aromatic N) is 3. The van der Waals surface area contributed by atoms with E-state index in [1.165, 1.54) is 0 Å². The summed E-state index contributed by atoms with van der Waals surface area (Å²) < 4.78 is 22.1. The third-order valence-corrected chi connectivity index (χ3v) is 5.27. The highest BCUT2D eigenvalue weighted by molar-refractivity contribution is 5.89. The number of rotatable bonds is 5. The van der Waals surface area contributed by atoms with Gasteiger partial charge >= 0.3 is 6.03 Å². The summed E-state index contributed by atoms with van der Waals surface area (Å²) in [6.45, 7) is 1.59. The molecular formula is C22H22N4O5. The van der Waals surface area contributed by atoms with E-state index in [9.17, 15) is 4.79 Å². The molecule has 1 aromatic heterocycles. The van der Waals surface area contributed by atoms with Crippen LogP contribution in [0.5, 0.6) is 17.2 Å². The predicted octanol–water partition coefficient (Wildman–Crippen LogP) is 3.79. The molecule has 1 fully saturated rings. The minimum Gasteiger partial charge on any atom is -0.484 e. The van der Waals surface area contributed by atoms with E-state index < -0.39 is 0 Å². The second-order valence-corrected chi connectivity index (χ2v) is 7.42. The maximum absolute atomic E-state index is 12.8. The Labute approximate surface area is 178 Å². The molecule has 0 radical (unpaired) electrons. The monoisotopic (exact) mass is 422 g/mol. The van der Waals surface area contributed by atoms with Crippen LogP contribution in [0.4, 0.5) is 10.5 Å². The van der Waals surface area contributed by atoms with Crippen molar-refractivity contribution in [3.8, 4) is 17.2 Å². The molecule has 9 nitrogen and oxygen atoms in total. The van der Waals surface area contributed by atoms with Crippen molar-refractivity contribution in [1.82, 2.24) is 15.1 Å². The number of nitrogens with one attached hydrogen (secondary N) is 1. The molecule has 0 bridgehead atoms. The van der Waals surface area contributed by atoms with Gasteiger partial charge in [0, 0.05) is 24.8 Å². The molecule has 2 aliphatic heterocycles. The van der Waals surface area contributed by atoms with Crippen LogP contribution in [0.2, 0.25) is 0 Å². The molecule has 3 heterocycles. The zero-order valence-electron chi connectivity index (χ0n) is 16.8. The molecule has 0 aliphatic carbocycles. The van der Waals surface area contributed by atoms with Gasteiger partial charge in [-0.25, -0.2) is 4.79 Å². The fourth-order valence-electron chi connectivity index (χ4n) is 3.69. The average molecular weight is 422 g/mol. The summed E-state index contributed by atoms with van der Waals surface area (Å²) in [6.07, 6.45) is 1.74. The number of hydrogen-bond acceptors (Lipinski definition) is 7. The van der Waals surface area contributed by atoms with Gasteiger partial charge in [-0.1, -0.05) is 18.2 Å². The van der Waals surface area contributed by atoms with Crippen molar-refractivity contribution >= 4 is 11.7 Å². The molecule has 2 aromatic carbocycles. The smallest absolute Gasteiger partial charge is 0.321 e. The Balaban J connectivity index is 1.18. The number of urea groups is 1. The number of hydrogen-bond donors (Lipinski definition) is 1. The molecule has 1 unspecified atom stereocenters. The van der Waals surface area contributed by atoms with Crippen LogP contribution in [0.1, 0.15) is 30.5 Å². The van der Waals surface area contributed by atoms with E-state index in [2.05, 4.69) is 15.5 Å². The molecule has 5 rings (SSSR count). The van der Waals surface area contributed by atoms with Crippen LogP contribution >= 0.6 is 0 Å². The van der Waals surface area contributed by atoms with Crippen LogP contribution in [0.15, 0.2) is 52.9 Å². The molecule has 2 aliphatic rings. The lowest BCUT2D eigenvalue weighted by molar-refractivity contribution is 0.174. The number of carbonyl (C=O) groups excluding carboxylic acids is 1. The average Bonchev–Trinajstić information content (AvgIpc) is 3.48. The number of piperidine rings is 1. The minimum atomic E-state index is -0.171. The number of amides is 2. The van der Waals surface area contributed by atoms with Crippen molar-refractivity contribution in [3.05, 3.63) is 60.3 Å². The van der Waals surface area contributed by atoms with Crippen molar-refractivity contribution in [2.75, 3.05) is 25.2 Å². The van der Waals surface area contributed by atoms with E-state index in [0.29, 0.717) is 42.1 Å². The molecule has 0 saturated carbocycles. The first kappa shape index (κ1) is 19.2. The summed E-state index contributed by atoms with van der Waals surface area (Å²) in [7, 11) is 0. The van der Waals surface area contributed by atoms with Crippen molar-refractivity contribution in [2.45, 2.75) is 25.4 Å². The van der Waals surface area contributed by atoms with Gasteiger partial charge in [-0.15, -0.1) is 10.2 Å². The second-order valence-electron chi connectivity index (χ2n) is 7.42. The van der Waals surface area contributed by atoms with Crippen LogP contribution < -0.4 is 19.5 Å². The molecule has 31 heavy (non-hydrogen) atoms. The quantitative estimate of drug-likeness (QED) is 0.668. The Hall–Kier alpha value is -3.75. The Kier molecular flexibility index (Phi) is 5.30. The van der Waals surface area contributed by atoms with Crippen LogP contribution in [0.3, 0.4) is 0 Å². The number of benzene rings is 2. The van der Waals surface area contributed by atoms with Gasteiger partial charge in [-0.3, -0.25) is 0 Å². The summed E-state index contributed by atoms with van der Waals surface area (Å²) in [6, 6.07) is 14.6. The summed E-state index contributed by atoms with van der Waals surface area (Å²) in [5, 5.41) is 11.2. The Morgan fingerprint density at radius 1 is 1.13 bits per heavy atom. The molecule has 1 N–H and O–H groups in total. The Morgan fingerprint density at radius 3 is 2.90 bits per heavy atom. The number of ether oxygens (including phenoxy) is 3. The van der Waals surface area contributed by atoms with Gasteiger partial charge in [0.15, 0.2) is 18.1 Å². The lowest BCUT2D eigenvalue weighted by Gasteiger charge is -2.31. The van der Waals surface area contributed by atoms with Gasteiger partial charge in [0.25, 0.3) is 5.89 Å². The number of carbonyl (C=O) groups is 1. The standard InChI is InChI=1S/C22H22N4O5/c27-22(23-16-8-9-18-19(11-16)30-14-29-18)26-10-4-5-15(12-26)21-25-24-20(31-21)13-28-17-6-2-1-3-7-17/h1-3,6-9,11,15H,4-5,10,12-14H2,(H,23,27). The van der Waals surface area contributed by atoms with Crippen LogP contribution in [-0.2, 0) is 6.61 Å². The van der Waals surface area contributed by atoms with Gasteiger partial charge in [0.2, 0.25) is 12.7 Å². The Morgan fingerprint density at radius 2 is 2.00 bits per heavy atom. The fourth-order valence-corrected chi connectivity index (χ4v) is 3.69. The number of likely N-dealkylation sites (tertiary alicyclic amines) is 1. The molecule has 1 atom stereocenters. The molecular weight excluding hydrogens is 400 g/mol. The normalized spacial score (nSPS) is 17.4. The first-order valence-corrected chi connectivity index (χ1v) is 10.2. The van der Waals surface area contributed by atoms with Crippen molar-refractivity contribution in [3.63, 3.8) is 0 Å². The Bertz CT molecular complexity index is 1060. The maximum Gasteiger partial charge on any atom is 0.321 e. The highest BCUT2D eigenvalue weighted by Gasteiger charge is 2.29. The summed E-state index contributed by atoms with van der Waals surface area (Å²) in [5.41, 5.74) is 0.662. The topological polar surface area (TPSA) is 99.0 Å². The summed E-state index contributed by atoms with van der Waals surface area (Å²) in [4.78, 5) is 14.5. The van der Waals surface area contributed by atoms with E-state index in [-0.39, 0.29) is 25.3 Å². The largest absolute Gasteiger partial charge is 0.484 e. The highest BCUT2D eigenvalue weighted by Crippen LogP contribution is 2.34. The van der Waals surface area contributed by atoms with Gasteiger partial charge in [-0.05, 0) is 37.1 Å². The van der Waals surface area contributed by atoms with E-state index >= 15 is 0 Å². The molecule has 2 amide bonds. The zero-order valence-corrected chi connectivity index (χ0v) is 16.8. The van der Waals surface area contributed by atoms with Crippen molar-refractivity contribution in [1.29, 1.82) is 0 Å². The lowest BCUT2D eigenvalue weighted by Crippen LogP contribution is -2.41. The van der Waals surface area contributed by atoms with Gasteiger partial charge in [0.1, 0.15) is 5.75 Å². The molecule has 3 aromatic rings. The van der Waals surface area contributed by atoms with Crippen LogP contribution in [0, 0.1) is 0 Å². The number of aromatic nitrogens is 2. The zero-order chi connectivity index (χ0) is 21.0. The number of para-hydroxylation sites is 1. The van der Waals surface area contributed by atoms with E-state index in [1.807, 2.05) is 30.3 Å². The first-order chi connectivity index (χ1) is 15.2. The van der Waals surface area contributed by atoms with E-state index in [4.69, 9.17) is 18.6 Å². The van der Waals surface area contributed by atoms with Crippen molar-refractivity contribution in [2.24, 2.45) is 0 Å². The van der Waals surface area contributed by atoms with Gasteiger partial charge < -0.3 is 28.8 Å². The summed E-state index contributed by atoms with van der Waals surface area (Å²) >= 11 is 0. The number of anilines is 1. The van der Waals surface area contributed by atoms with E-state index in [1.54, 1.807) is 23.1 Å². The second kappa shape index (κ2) is 8.55. The number of fused-ring (bicyclic) bond motifs is 1. The van der Waals surface area contributed by atoms with Crippen LogP contribution in [-0.4, -0.2) is 41.0 Å². The molecule has 1 saturated heterocycles. The highest BCUT2D eigenvalue weighted by atomic mass is 16.7. The fraction of sp³-hybridized carbons (Fsp3) is 0.318. The molecule has 0 spiro atoms. The molecule has 160 valence electrons. The third kappa shape index (κ3) is 4.40. The van der Waals surface area contributed by atoms with Crippen molar-refractivity contribution < 1.29 is 23.4 Å². The third-order valence-electron chi connectivity index (χ3n) is 5.27. The predicted molar refractivity (Wildman–Crippen MR) is 110 cm³/mol. The van der Waals surface area contributed by atoms with Gasteiger partial charge in [0.05, 0.1) is 5.92 Å². The minimum absolute atomic E-state index is 0.00534.